The maximum absolute atomic E-state index is 11.7. The number of benzene rings is 1. The maximum atomic E-state index is 11.7. The largest absolute Gasteiger partial charge is 0.496 e. The van der Waals surface area contributed by atoms with Crippen molar-refractivity contribution in [2.24, 2.45) is 5.73 Å². The summed E-state index contributed by atoms with van der Waals surface area (Å²) in [5, 5.41) is 3.12. The second kappa shape index (κ2) is 6.98. The Kier molecular flexibility index (Phi) is 5.62. The predicted octanol–water partition coefficient (Wildman–Crippen LogP) is 1.53. The number of nitrogens with two attached hydrogens (primary N) is 1. The lowest BCUT2D eigenvalue weighted by atomic mass is 10.1. The lowest BCUT2D eigenvalue weighted by Gasteiger charge is -2.15. The number of anilines is 1. The van der Waals surface area contributed by atoms with Gasteiger partial charge in [0.05, 0.1) is 14.2 Å². The fraction of sp³-hybridized carbons (Fsp3) is 0.333. The Hall–Kier alpha value is -1.76. The molecule has 0 radical (unpaired) electrons. The number of carbonyl (C=O) groups is 2. The Morgan fingerprint density at radius 3 is 2.32 bits per heavy atom. The maximum Gasteiger partial charge on any atom is 0.254 e. The molecular weight excluding hydrogens is 316 g/mol. The minimum atomic E-state index is -0.704. The number of hydrogen-bond acceptors (Lipinski definition) is 4. The Labute approximate surface area is 119 Å². The summed E-state index contributed by atoms with van der Waals surface area (Å²) in [6.07, 6.45) is 0.262. The number of methoxy groups -OCH3 is 2. The molecule has 0 fully saturated rings. The number of primary amides is 1. The van der Waals surface area contributed by atoms with Crippen molar-refractivity contribution in [3.63, 3.8) is 0 Å². The normalized spacial score (nSPS) is 9.84. The molecule has 0 spiro atoms. The van der Waals surface area contributed by atoms with E-state index in [-0.39, 0.29) is 29.3 Å². The fourth-order valence-electron chi connectivity index (χ4n) is 1.56. The van der Waals surface area contributed by atoms with Crippen LogP contribution in [-0.4, -0.2) is 31.4 Å². The van der Waals surface area contributed by atoms with E-state index in [4.69, 9.17) is 15.2 Å². The van der Waals surface area contributed by atoms with Gasteiger partial charge < -0.3 is 20.5 Å². The summed E-state index contributed by atoms with van der Waals surface area (Å²) in [6, 6.07) is 3.15. The van der Waals surface area contributed by atoms with Crippen molar-refractivity contribution in [2.45, 2.75) is 6.42 Å². The number of nitrogens with one attached hydrogen (secondary N) is 1. The molecule has 0 atom stereocenters. The second-order valence-electron chi connectivity index (χ2n) is 3.57. The number of amides is 2. The number of hydrogen-bond donors (Lipinski definition) is 2. The zero-order valence-electron chi connectivity index (χ0n) is 10.7. The number of ether oxygens (including phenoxy) is 2. The SMILES string of the molecule is COc1ccc(OC)c(C(N)=O)c1NC(=O)CCBr. The first kappa shape index (κ1) is 15.3. The highest BCUT2D eigenvalue weighted by Crippen LogP contribution is 2.35. The Bertz CT molecular complexity index is 491. The first-order valence-corrected chi connectivity index (χ1v) is 6.57. The zero-order valence-corrected chi connectivity index (χ0v) is 12.2. The molecule has 1 rings (SSSR count). The summed E-state index contributed by atoms with van der Waals surface area (Å²) in [5.74, 6) is -0.337. The van der Waals surface area contributed by atoms with Crippen LogP contribution in [0.5, 0.6) is 11.5 Å². The summed E-state index contributed by atoms with van der Waals surface area (Å²) in [7, 11) is 2.85. The quantitative estimate of drug-likeness (QED) is 0.774. The molecule has 0 aliphatic rings. The molecule has 0 aliphatic heterocycles. The molecular formula is C12H15BrN2O4. The molecule has 3 N–H and O–H groups in total. The summed E-state index contributed by atoms with van der Waals surface area (Å²) >= 11 is 3.17. The van der Waals surface area contributed by atoms with Crippen molar-refractivity contribution in [3.8, 4) is 11.5 Å². The van der Waals surface area contributed by atoms with Crippen LogP contribution >= 0.6 is 15.9 Å². The Morgan fingerprint density at radius 2 is 1.84 bits per heavy atom. The van der Waals surface area contributed by atoms with Crippen LogP contribution in [-0.2, 0) is 4.79 Å². The van der Waals surface area contributed by atoms with E-state index in [9.17, 15) is 9.59 Å². The van der Waals surface area contributed by atoms with Crippen molar-refractivity contribution in [1.29, 1.82) is 0 Å². The molecule has 104 valence electrons. The molecule has 0 saturated heterocycles. The van der Waals surface area contributed by atoms with Crippen molar-refractivity contribution >= 4 is 33.4 Å². The molecule has 2 amide bonds. The van der Waals surface area contributed by atoms with Gasteiger partial charge in [-0.2, -0.15) is 0 Å². The zero-order chi connectivity index (χ0) is 14.4. The molecule has 0 aliphatic carbocycles. The van der Waals surface area contributed by atoms with Crippen molar-refractivity contribution in [3.05, 3.63) is 17.7 Å². The van der Waals surface area contributed by atoms with Gasteiger partial charge in [-0.25, -0.2) is 0 Å². The van der Waals surface area contributed by atoms with E-state index < -0.39 is 5.91 Å². The molecule has 6 nitrogen and oxygen atoms in total. The average molecular weight is 331 g/mol. The molecule has 7 heteroatoms. The minimum absolute atomic E-state index is 0.0878. The lowest BCUT2D eigenvalue weighted by Crippen LogP contribution is -2.20. The molecule has 0 bridgehead atoms. The summed E-state index contributed by atoms with van der Waals surface area (Å²) in [4.78, 5) is 23.2. The molecule has 0 aromatic heterocycles. The van der Waals surface area contributed by atoms with E-state index in [1.54, 1.807) is 12.1 Å². The fourth-order valence-corrected chi connectivity index (χ4v) is 1.92. The van der Waals surface area contributed by atoms with Gasteiger partial charge in [0.2, 0.25) is 5.91 Å². The van der Waals surface area contributed by atoms with Crippen LogP contribution in [0.4, 0.5) is 5.69 Å². The monoisotopic (exact) mass is 330 g/mol. The van der Waals surface area contributed by atoms with Crippen LogP contribution < -0.4 is 20.5 Å². The van der Waals surface area contributed by atoms with E-state index in [1.807, 2.05) is 0 Å². The highest BCUT2D eigenvalue weighted by atomic mass is 79.9. The first-order valence-electron chi connectivity index (χ1n) is 5.45. The third-order valence-electron chi connectivity index (χ3n) is 2.40. The van der Waals surface area contributed by atoms with Gasteiger partial charge in [0.1, 0.15) is 22.7 Å². The van der Waals surface area contributed by atoms with Gasteiger partial charge in [0.15, 0.2) is 0 Å². The van der Waals surface area contributed by atoms with Gasteiger partial charge in [-0.05, 0) is 12.1 Å². The number of carbonyl (C=O) groups excluding carboxylic acids is 2. The van der Waals surface area contributed by atoms with E-state index in [2.05, 4.69) is 21.2 Å². The highest BCUT2D eigenvalue weighted by Gasteiger charge is 2.20. The van der Waals surface area contributed by atoms with Crippen molar-refractivity contribution in [1.82, 2.24) is 0 Å². The standard InChI is InChI=1S/C12H15BrN2O4/c1-18-7-3-4-8(19-2)11(10(7)12(14)17)15-9(16)5-6-13/h3-4H,5-6H2,1-2H3,(H2,14,17)(H,15,16). The van der Waals surface area contributed by atoms with E-state index >= 15 is 0 Å². The van der Waals surface area contributed by atoms with Crippen molar-refractivity contribution < 1.29 is 19.1 Å². The van der Waals surface area contributed by atoms with E-state index in [0.29, 0.717) is 11.1 Å². The van der Waals surface area contributed by atoms with Crippen LogP contribution in [0.1, 0.15) is 16.8 Å². The van der Waals surface area contributed by atoms with Gasteiger partial charge >= 0.3 is 0 Å². The summed E-state index contributed by atoms with van der Waals surface area (Å²) in [6.45, 7) is 0. The molecule has 0 heterocycles. The van der Waals surface area contributed by atoms with Crippen LogP contribution in [0.25, 0.3) is 0 Å². The van der Waals surface area contributed by atoms with Crippen LogP contribution in [0, 0.1) is 0 Å². The minimum Gasteiger partial charge on any atom is -0.496 e. The summed E-state index contributed by atoms with van der Waals surface area (Å²) in [5.41, 5.74) is 5.64. The first-order chi connectivity index (χ1) is 9.04. The summed E-state index contributed by atoms with van der Waals surface area (Å²) < 4.78 is 10.2. The molecule has 0 saturated carbocycles. The number of halogens is 1. The smallest absolute Gasteiger partial charge is 0.254 e. The highest BCUT2D eigenvalue weighted by molar-refractivity contribution is 9.09. The Balaban J connectivity index is 3.30. The Morgan fingerprint density at radius 1 is 1.26 bits per heavy atom. The van der Waals surface area contributed by atoms with Crippen LogP contribution in [0.3, 0.4) is 0 Å². The van der Waals surface area contributed by atoms with Gasteiger partial charge in [-0.3, -0.25) is 9.59 Å². The molecule has 19 heavy (non-hydrogen) atoms. The van der Waals surface area contributed by atoms with Crippen LogP contribution in [0.15, 0.2) is 12.1 Å². The topological polar surface area (TPSA) is 90.7 Å². The van der Waals surface area contributed by atoms with Crippen LogP contribution in [0.2, 0.25) is 0 Å². The molecule has 0 unspecified atom stereocenters. The third kappa shape index (κ3) is 3.60. The van der Waals surface area contributed by atoms with E-state index in [1.165, 1.54) is 14.2 Å². The van der Waals surface area contributed by atoms with Gasteiger partial charge in [0.25, 0.3) is 5.91 Å². The van der Waals surface area contributed by atoms with Gasteiger partial charge in [-0.1, -0.05) is 15.9 Å². The lowest BCUT2D eigenvalue weighted by molar-refractivity contribution is -0.115. The number of alkyl halides is 1. The van der Waals surface area contributed by atoms with E-state index in [0.717, 1.165) is 0 Å². The third-order valence-corrected chi connectivity index (χ3v) is 2.80. The second-order valence-corrected chi connectivity index (χ2v) is 4.36. The molecule has 1 aromatic carbocycles. The van der Waals surface area contributed by atoms with Gasteiger partial charge in [0, 0.05) is 11.8 Å². The van der Waals surface area contributed by atoms with Crippen molar-refractivity contribution in [2.75, 3.05) is 24.9 Å². The predicted molar refractivity (Wildman–Crippen MR) is 75.1 cm³/mol. The molecule has 1 aromatic rings. The average Bonchev–Trinajstić information content (AvgIpc) is 2.37. The number of rotatable bonds is 6. The van der Waals surface area contributed by atoms with Gasteiger partial charge in [-0.15, -0.1) is 0 Å².